The zero-order chi connectivity index (χ0) is 20.7. The summed E-state index contributed by atoms with van der Waals surface area (Å²) in [5.41, 5.74) is 2.19. The van der Waals surface area contributed by atoms with Crippen LogP contribution < -0.4 is 4.74 Å². The monoisotopic (exact) mass is 401 g/mol. The second-order valence-electron chi connectivity index (χ2n) is 8.73. The maximum Gasteiger partial charge on any atom is 0.466 e. The lowest BCUT2D eigenvalue weighted by Crippen LogP contribution is -2.41. The topological polar surface area (TPSA) is 40.6 Å². The Morgan fingerprint density at radius 2 is 1.71 bits per heavy atom. The van der Waals surface area contributed by atoms with E-state index in [0.717, 1.165) is 16.7 Å². The first-order chi connectivity index (χ1) is 13.1. The lowest BCUT2D eigenvalue weighted by molar-refractivity contribution is 0.00578. The molecule has 1 aromatic heterocycles. The van der Waals surface area contributed by atoms with Gasteiger partial charge in [0.25, 0.3) is 0 Å². The first-order valence-electron chi connectivity index (χ1n) is 9.71. The maximum atomic E-state index is 6.36. The molecule has 3 rings (SSSR count). The Kier molecular flexibility index (Phi) is 5.82. The van der Waals surface area contributed by atoms with E-state index in [1.54, 1.807) is 7.11 Å². The number of pyridine rings is 1. The van der Waals surface area contributed by atoms with Crippen LogP contribution in [0.3, 0.4) is 0 Å². The molecular weight excluding hydrogens is 373 g/mol. The van der Waals surface area contributed by atoms with E-state index in [2.05, 4.69) is 52.6 Å². The molecule has 0 N–H and O–H groups in total. The van der Waals surface area contributed by atoms with Crippen LogP contribution in [-0.4, -0.2) is 30.4 Å². The molecule has 0 aliphatic carbocycles. The molecule has 2 heterocycles. The Bertz CT molecular complexity index is 837. The number of nitrogens with zero attached hydrogens (tertiary/aromatic N) is 1. The van der Waals surface area contributed by atoms with Crippen LogP contribution in [0.4, 0.5) is 0 Å². The number of hydrogen-bond acceptors (Lipinski definition) is 4. The summed E-state index contributed by atoms with van der Waals surface area (Å²) < 4.78 is 18.2. The molecule has 0 spiro atoms. The summed E-state index contributed by atoms with van der Waals surface area (Å²) in [7, 11) is 1.29. The number of ether oxygens (including phenoxy) is 1. The largest absolute Gasteiger partial charge is 0.481 e. The number of aromatic nitrogens is 1. The molecule has 1 aliphatic heterocycles. The molecule has 28 heavy (non-hydrogen) atoms. The third-order valence-electron chi connectivity index (χ3n) is 5.87. The Morgan fingerprint density at radius 1 is 1.07 bits per heavy atom. The molecule has 1 aliphatic rings. The molecule has 1 saturated heterocycles. The fraction of sp³-hybridized carbons (Fsp3) is 0.500. The van der Waals surface area contributed by atoms with E-state index in [1.807, 2.05) is 30.5 Å². The molecule has 1 aromatic carbocycles. The SMILES string of the molecule is COc1ncc(C(B2OC(C)(C)C(C)(C)O2)C(C)C)cc1-c1cccc(Cl)c1. The fourth-order valence-corrected chi connectivity index (χ4v) is 3.76. The molecule has 150 valence electrons. The summed E-state index contributed by atoms with van der Waals surface area (Å²) in [6.07, 6.45) is 1.86. The Hall–Kier alpha value is -1.56. The van der Waals surface area contributed by atoms with Crippen molar-refractivity contribution in [2.45, 2.75) is 58.6 Å². The average molecular weight is 402 g/mol. The zero-order valence-corrected chi connectivity index (χ0v) is 18.5. The third kappa shape index (κ3) is 3.93. The number of methoxy groups -OCH3 is 1. The summed E-state index contributed by atoms with van der Waals surface area (Å²) in [6.45, 7) is 12.7. The van der Waals surface area contributed by atoms with E-state index in [0.29, 0.717) is 16.8 Å². The van der Waals surface area contributed by atoms with Gasteiger partial charge in [-0.3, -0.25) is 0 Å². The van der Waals surface area contributed by atoms with Crippen LogP contribution in [0.1, 0.15) is 52.9 Å². The van der Waals surface area contributed by atoms with Crippen LogP contribution in [0.5, 0.6) is 5.88 Å². The van der Waals surface area contributed by atoms with E-state index in [4.69, 9.17) is 25.6 Å². The first-order valence-corrected chi connectivity index (χ1v) is 10.1. The molecule has 0 amide bonds. The molecule has 2 aromatic rings. The Labute approximate surface area is 173 Å². The predicted octanol–water partition coefficient (Wildman–Crippen LogP) is 5.78. The van der Waals surface area contributed by atoms with Crippen LogP contribution in [0.25, 0.3) is 11.1 Å². The standard InChI is InChI=1S/C22H29BClNO3/c1-14(2)19(23-27-21(3,4)22(5,6)28-23)16-12-18(20(26-7)25-13-16)15-9-8-10-17(24)11-15/h8-14,19H,1-7H3. The molecule has 4 nitrogen and oxygen atoms in total. The molecule has 0 bridgehead atoms. The normalized spacial score (nSPS) is 19.1. The molecular formula is C22H29BClNO3. The van der Waals surface area contributed by atoms with Crippen molar-refractivity contribution < 1.29 is 14.0 Å². The minimum atomic E-state index is -0.375. The predicted molar refractivity (Wildman–Crippen MR) is 115 cm³/mol. The van der Waals surface area contributed by atoms with Crippen molar-refractivity contribution in [1.82, 2.24) is 4.98 Å². The molecule has 1 unspecified atom stereocenters. The van der Waals surface area contributed by atoms with E-state index in [-0.39, 0.29) is 24.1 Å². The van der Waals surface area contributed by atoms with E-state index in [9.17, 15) is 0 Å². The molecule has 0 saturated carbocycles. The second-order valence-corrected chi connectivity index (χ2v) is 9.17. The fourth-order valence-electron chi connectivity index (χ4n) is 3.57. The van der Waals surface area contributed by atoms with E-state index < -0.39 is 0 Å². The molecule has 6 heteroatoms. The number of hydrogen-bond donors (Lipinski definition) is 0. The summed E-state index contributed by atoms with van der Waals surface area (Å²) in [4.78, 5) is 4.57. The number of rotatable bonds is 5. The second kappa shape index (κ2) is 7.70. The van der Waals surface area contributed by atoms with Crippen LogP contribution in [0, 0.1) is 5.92 Å². The van der Waals surface area contributed by atoms with Crippen LogP contribution >= 0.6 is 11.6 Å². The highest BCUT2D eigenvalue weighted by Gasteiger charge is 2.54. The van der Waals surface area contributed by atoms with Gasteiger partial charge >= 0.3 is 7.12 Å². The van der Waals surface area contributed by atoms with Gasteiger partial charge in [-0.15, -0.1) is 0 Å². The van der Waals surface area contributed by atoms with Crippen molar-refractivity contribution in [3.63, 3.8) is 0 Å². The van der Waals surface area contributed by atoms with Gasteiger partial charge in [0.1, 0.15) is 0 Å². The lowest BCUT2D eigenvalue weighted by atomic mass is 9.62. The van der Waals surface area contributed by atoms with Crippen LogP contribution in [-0.2, 0) is 9.31 Å². The molecule has 1 fully saturated rings. The summed E-state index contributed by atoms with van der Waals surface area (Å²) >= 11 is 6.21. The van der Waals surface area contributed by atoms with Crippen molar-refractivity contribution in [2.75, 3.05) is 7.11 Å². The smallest absolute Gasteiger partial charge is 0.466 e. The van der Waals surface area contributed by atoms with Gasteiger partial charge in [-0.1, -0.05) is 37.6 Å². The molecule has 0 radical (unpaired) electrons. The summed E-state index contributed by atoms with van der Waals surface area (Å²) in [6, 6.07) is 9.83. The number of benzene rings is 1. The third-order valence-corrected chi connectivity index (χ3v) is 6.10. The van der Waals surface area contributed by atoms with Gasteiger partial charge in [-0.2, -0.15) is 0 Å². The van der Waals surface area contributed by atoms with Gasteiger partial charge in [0, 0.05) is 22.6 Å². The Morgan fingerprint density at radius 3 is 2.25 bits per heavy atom. The van der Waals surface area contributed by atoms with Gasteiger partial charge < -0.3 is 14.0 Å². The zero-order valence-electron chi connectivity index (χ0n) is 17.7. The quantitative estimate of drug-likeness (QED) is 0.595. The van der Waals surface area contributed by atoms with Crippen molar-refractivity contribution in [2.24, 2.45) is 5.92 Å². The maximum absolute atomic E-state index is 6.36. The highest BCUT2D eigenvalue weighted by atomic mass is 35.5. The van der Waals surface area contributed by atoms with Crippen LogP contribution in [0.15, 0.2) is 36.5 Å². The van der Waals surface area contributed by atoms with Crippen molar-refractivity contribution in [3.8, 4) is 17.0 Å². The molecule has 1 atom stereocenters. The van der Waals surface area contributed by atoms with Crippen molar-refractivity contribution in [1.29, 1.82) is 0 Å². The van der Waals surface area contributed by atoms with Gasteiger partial charge in [-0.25, -0.2) is 4.98 Å². The summed E-state index contributed by atoms with van der Waals surface area (Å²) in [5, 5.41) is 0.677. The highest BCUT2D eigenvalue weighted by Crippen LogP contribution is 2.43. The van der Waals surface area contributed by atoms with Crippen molar-refractivity contribution >= 4 is 18.7 Å². The van der Waals surface area contributed by atoms with Gasteiger partial charge in [0.2, 0.25) is 5.88 Å². The van der Waals surface area contributed by atoms with Gasteiger partial charge in [-0.05, 0) is 62.9 Å². The van der Waals surface area contributed by atoms with E-state index in [1.165, 1.54) is 0 Å². The van der Waals surface area contributed by atoms with Crippen molar-refractivity contribution in [3.05, 3.63) is 47.1 Å². The number of halogens is 1. The van der Waals surface area contributed by atoms with Crippen LogP contribution in [0.2, 0.25) is 5.02 Å². The minimum absolute atomic E-state index is 0.0393. The van der Waals surface area contributed by atoms with E-state index >= 15 is 0 Å². The first kappa shape index (κ1) is 21.2. The highest BCUT2D eigenvalue weighted by molar-refractivity contribution is 6.47. The lowest BCUT2D eigenvalue weighted by Gasteiger charge is -2.32. The average Bonchev–Trinajstić information content (AvgIpc) is 2.81. The Balaban J connectivity index is 2.05. The van der Waals surface area contributed by atoms with Gasteiger partial charge in [0.15, 0.2) is 0 Å². The van der Waals surface area contributed by atoms with Gasteiger partial charge in [0.05, 0.1) is 18.3 Å². The summed E-state index contributed by atoms with van der Waals surface area (Å²) in [5.74, 6) is 0.914. The minimum Gasteiger partial charge on any atom is -0.481 e.